The van der Waals surface area contributed by atoms with Gasteiger partial charge in [0.25, 0.3) is 0 Å². The number of piperidine rings is 1. The predicted octanol–water partition coefficient (Wildman–Crippen LogP) is 4.29. The number of likely N-dealkylation sites (tertiary alicyclic amines) is 1. The lowest BCUT2D eigenvalue weighted by atomic mass is 9.88. The first-order chi connectivity index (χ1) is 12.8. The molecule has 0 radical (unpaired) electrons. The molecule has 1 aliphatic rings. The number of aromatic nitrogens is 1. The van der Waals surface area contributed by atoms with Gasteiger partial charge in [-0.15, -0.1) is 0 Å². The number of pyridine rings is 1. The third-order valence-corrected chi connectivity index (χ3v) is 5.09. The monoisotopic (exact) mass is 378 g/mol. The topological polar surface area (TPSA) is 53.4 Å². The van der Waals surface area contributed by atoms with Gasteiger partial charge in [-0.3, -0.25) is 14.7 Å². The quantitative estimate of drug-likeness (QED) is 0.862. The molecule has 2 aromatic rings. The number of aliphatic carboxylic acids is 1. The normalized spacial score (nSPS) is 19.6. The van der Waals surface area contributed by atoms with Crippen molar-refractivity contribution in [3.05, 3.63) is 65.0 Å². The van der Waals surface area contributed by atoms with Gasteiger partial charge < -0.3 is 5.11 Å². The van der Waals surface area contributed by atoms with Crippen LogP contribution in [0.2, 0.25) is 0 Å². The van der Waals surface area contributed by atoms with E-state index < -0.39 is 29.7 Å². The van der Waals surface area contributed by atoms with Crippen molar-refractivity contribution in [3.63, 3.8) is 0 Å². The fourth-order valence-electron chi connectivity index (χ4n) is 3.79. The van der Waals surface area contributed by atoms with Gasteiger partial charge in [-0.1, -0.05) is 18.2 Å². The highest BCUT2D eigenvalue weighted by Crippen LogP contribution is 2.40. The minimum Gasteiger partial charge on any atom is -0.481 e. The maximum absolute atomic E-state index is 13.7. The summed E-state index contributed by atoms with van der Waals surface area (Å²) in [4.78, 5) is 17.4. The zero-order valence-corrected chi connectivity index (χ0v) is 14.9. The minimum absolute atomic E-state index is 0.144. The Morgan fingerprint density at radius 2 is 2.00 bits per heavy atom. The lowest BCUT2D eigenvalue weighted by Crippen LogP contribution is -2.42. The van der Waals surface area contributed by atoms with Crippen LogP contribution in [-0.4, -0.2) is 34.0 Å². The minimum atomic E-state index is -4.49. The third-order valence-electron chi connectivity index (χ3n) is 5.09. The summed E-state index contributed by atoms with van der Waals surface area (Å²) in [5.74, 6) is -1.49. The number of alkyl halides is 3. The van der Waals surface area contributed by atoms with Crippen LogP contribution in [0, 0.1) is 12.8 Å². The van der Waals surface area contributed by atoms with E-state index in [2.05, 4.69) is 4.98 Å². The molecule has 1 saturated heterocycles. The summed E-state index contributed by atoms with van der Waals surface area (Å²) in [6.45, 7) is 2.57. The summed E-state index contributed by atoms with van der Waals surface area (Å²) in [6.07, 6.45) is -0.139. The van der Waals surface area contributed by atoms with Crippen LogP contribution in [0.4, 0.5) is 13.2 Å². The molecular weight excluding hydrogens is 357 g/mol. The predicted molar refractivity (Wildman–Crippen MR) is 94.2 cm³/mol. The summed E-state index contributed by atoms with van der Waals surface area (Å²) in [5, 5.41) is 9.40. The number of benzene rings is 1. The van der Waals surface area contributed by atoms with E-state index in [0.717, 1.165) is 11.6 Å². The maximum Gasteiger partial charge on any atom is 0.416 e. The first-order valence-corrected chi connectivity index (χ1v) is 8.82. The highest BCUT2D eigenvalue weighted by atomic mass is 19.4. The van der Waals surface area contributed by atoms with Crippen LogP contribution in [0.5, 0.6) is 0 Å². The second-order valence-corrected chi connectivity index (χ2v) is 6.89. The third kappa shape index (κ3) is 4.13. The number of carboxylic acids is 1. The van der Waals surface area contributed by atoms with Crippen molar-refractivity contribution < 1.29 is 23.1 Å². The second-order valence-electron chi connectivity index (χ2n) is 6.89. The van der Waals surface area contributed by atoms with Gasteiger partial charge in [0.15, 0.2) is 0 Å². The molecule has 1 N–H and O–H groups in total. The SMILES string of the molecule is Cc1cnccc1C(c1ccccc1C(F)(F)F)N1CCCC(C(=O)O)C1. The standard InChI is InChI=1S/C20H21F3N2O2/c1-13-11-24-9-8-15(13)18(25-10-4-5-14(12-25)19(26)27)16-6-2-3-7-17(16)20(21,22)23/h2-3,6-9,11,14,18H,4-5,10,12H2,1H3,(H,26,27). The van der Waals surface area contributed by atoms with Gasteiger partial charge in [0.05, 0.1) is 17.5 Å². The number of halogens is 3. The van der Waals surface area contributed by atoms with Gasteiger partial charge in [-0.05, 0) is 55.1 Å². The highest BCUT2D eigenvalue weighted by molar-refractivity contribution is 5.70. The Hall–Kier alpha value is -2.41. The lowest BCUT2D eigenvalue weighted by Gasteiger charge is -2.39. The first kappa shape index (κ1) is 19.4. The summed E-state index contributed by atoms with van der Waals surface area (Å²) < 4.78 is 41.0. The van der Waals surface area contributed by atoms with Crippen molar-refractivity contribution in [2.24, 2.45) is 5.92 Å². The van der Waals surface area contributed by atoms with E-state index in [-0.39, 0.29) is 12.1 Å². The zero-order valence-electron chi connectivity index (χ0n) is 14.9. The van der Waals surface area contributed by atoms with Crippen molar-refractivity contribution >= 4 is 5.97 Å². The van der Waals surface area contributed by atoms with Gasteiger partial charge in [0.1, 0.15) is 0 Å². The summed E-state index contributed by atoms with van der Waals surface area (Å²) in [5.41, 5.74) is 0.943. The number of carboxylic acid groups (broad SMARTS) is 1. The van der Waals surface area contributed by atoms with Crippen LogP contribution in [0.25, 0.3) is 0 Å². The molecule has 0 saturated carbocycles. The van der Waals surface area contributed by atoms with E-state index in [1.807, 2.05) is 11.8 Å². The number of hydrogen-bond acceptors (Lipinski definition) is 3. The van der Waals surface area contributed by atoms with E-state index >= 15 is 0 Å². The van der Waals surface area contributed by atoms with Crippen molar-refractivity contribution in [2.75, 3.05) is 13.1 Å². The van der Waals surface area contributed by atoms with Crippen molar-refractivity contribution in [1.82, 2.24) is 9.88 Å². The molecule has 0 spiro atoms. The number of rotatable bonds is 4. The van der Waals surface area contributed by atoms with Crippen LogP contribution < -0.4 is 0 Å². The van der Waals surface area contributed by atoms with Gasteiger partial charge in [-0.25, -0.2) is 0 Å². The smallest absolute Gasteiger partial charge is 0.416 e. The lowest BCUT2D eigenvalue weighted by molar-refractivity contribution is -0.144. The van der Waals surface area contributed by atoms with E-state index in [9.17, 15) is 23.1 Å². The molecule has 0 amide bonds. The van der Waals surface area contributed by atoms with Crippen LogP contribution in [-0.2, 0) is 11.0 Å². The van der Waals surface area contributed by atoms with Gasteiger partial charge in [-0.2, -0.15) is 13.2 Å². The molecule has 2 atom stereocenters. The number of hydrogen-bond donors (Lipinski definition) is 1. The van der Waals surface area contributed by atoms with Gasteiger partial charge in [0, 0.05) is 18.9 Å². The number of aryl methyl sites for hydroxylation is 1. The zero-order chi connectivity index (χ0) is 19.6. The van der Waals surface area contributed by atoms with E-state index in [1.54, 1.807) is 24.5 Å². The Morgan fingerprint density at radius 1 is 1.26 bits per heavy atom. The van der Waals surface area contributed by atoms with Crippen LogP contribution in [0.15, 0.2) is 42.7 Å². The molecule has 144 valence electrons. The Morgan fingerprint density at radius 3 is 2.67 bits per heavy atom. The van der Waals surface area contributed by atoms with Crippen molar-refractivity contribution in [2.45, 2.75) is 32.0 Å². The molecule has 27 heavy (non-hydrogen) atoms. The summed E-state index contributed by atoms with van der Waals surface area (Å²) in [7, 11) is 0. The number of nitrogens with zero attached hydrogens (tertiary/aromatic N) is 2. The van der Waals surface area contributed by atoms with E-state index in [4.69, 9.17) is 0 Å². The van der Waals surface area contributed by atoms with E-state index in [1.165, 1.54) is 12.1 Å². The summed E-state index contributed by atoms with van der Waals surface area (Å²) in [6, 6.07) is 6.58. The molecule has 3 rings (SSSR count). The molecule has 0 aliphatic carbocycles. The Balaban J connectivity index is 2.13. The molecule has 1 aliphatic heterocycles. The first-order valence-electron chi connectivity index (χ1n) is 8.82. The average molecular weight is 378 g/mol. The Labute approximate surface area is 155 Å². The van der Waals surface area contributed by atoms with Crippen LogP contribution in [0.3, 0.4) is 0 Å². The van der Waals surface area contributed by atoms with Crippen LogP contribution in [0.1, 0.15) is 41.1 Å². The average Bonchev–Trinajstić information content (AvgIpc) is 2.63. The Kier molecular flexibility index (Phi) is 5.51. The molecule has 1 fully saturated rings. The Bertz CT molecular complexity index is 823. The summed E-state index contributed by atoms with van der Waals surface area (Å²) >= 11 is 0. The second kappa shape index (κ2) is 7.68. The number of carbonyl (C=O) groups is 1. The molecule has 0 bridgehead atoms. The largest absolute Gasteiger partial charge is 0.481 e. The molecule has 1 aromatic heterocycles. The molecular formula is C20H21F3N2O2. The highest BCUT2D eigenvalue weighted by Gasteiger charge is 2.39. The molecule has 1 aromatic carbocycles. The fourth-order valence-corrected chi connectivity index (χ4v) is 3.79. The van der Waals surface area contributed by atoms with Gasteiger partial charge in [0.2, 0.25) is 0 Å². The van der Waals surface area contributed by atoms with Gasteiger partial charge >= 0.3 is 12.1 Å². The van der Waals surface area contributed by atoms with Crippen molar-refractivity contribution in [1.29, 1.82) is 0 Å². The molecule has 4 nitrogen and oxygen atoms in total. The molecule has 2 heterocycles. The molecule has 2 unspecified atom stereocenters. The molecule has 7 heteroatoms. The van der Waals surface area contributed by atoms with Crippen molar-refractivity contribution in [3.8, 4) is 0 Å². The maximum atomic E-state index is 13.7. The van der Waals surface area contributed by atoms with Crippen LogP contribution >= 0.6 is 0 Å². The van der Waals surface area contributed by atoms with E-state index in [0.29, 0.717) is 24.9 Å². The fraction of sp³-hybridized carbons (Fsp3) is 0.400.